The molecule has 164 valence electrons. The van der Waals surface area contributed by atoms with Crippen molar-refractivity contribution in [3.05, 3.63) is 29.6 Å². The molecular formula is C25H39N5. The van der Waals surface area contributed by atoms with E-state index in [4.69, 9.17) is 0 Å². The Kier molecular flexibility index (Phi) is 5.78. The van der Waals surface area contributed by atoms with Crippen LogP contribution in [0.5, 0.6) is 0 Å². The molecular weight excluding hydrogens is 370 g/mol. The zero-order valence-corrected chi connectivity index (χ0v) is 19.8. The summed E-state index contributed by atoms with van der Waals surface area (Å²) in [5.74, 6) is 1.53. The van der Waals surface area contributed by atoms with Gasteiger partial charge in [-0.2, -0.15) is 10.2 Å². The summed E-state index contributed by atoms with van der Waals surface area (Å²) in [6.45, 7) is 15.4. The molecule has 1 saturated carbocycles. The predicted octanol–water partition coefficient (Wildman–Crippen LogP) is 4.90. The fourth-order valence-electron chi connectivity index (χ4n) is 5.39. The van der Waals surface area contributed by atoms with E-state index in [1.54, 1.807) is 0 Å². The third kappa shape index (κ3) is 4.46. The van der Waals surface area contributed by atoms with Crippen LogP contribution in [-0.4, -0.2) is 44.5 Å². The Bertz CT molecular complexity index is 825. The highest BCUT2D eigenvalue weighted by Gasteiger charge is 2.45. The first-order valence-corrected chi connectivity index (χ1v) is 11.7. The molecule has 30 heavy (non-hydrogen) atoms. The third-order valence-electron chi connectivity index (χ3n) is 7.95. The Morgan fingerprint density at radius 1 is 1.13 bits per heavy atom. The molecule has 1 atom stereocenters. The van der Waals surface area contributed by atoms with E-state index in [0.717, 1.165) is 40.9 Å². The molecule has 5 heteroatoms. The van der Waals surface area contributed by atoms with E-state index in [0.29, 0.717) is 10.8 Å². The van der Waals surface area contributed by atoms with Crippen molar-refractivity contribution < 1.29 is 0 Å². The molecule has 0 aromatic carbocycles. The van der Waals surface area contributed by atoms with Gasteiger partial charge >= 0.3 is 0 Å². The fourth-order valence-corrected chi connectivity index (χ4v) is 5.39. The average Bonchev–Trinajstić information content (AvgIpc) is 3.00. The summed E-state index contributed by atoms with van der Waals surface area (Å²) in [7, 11) is 1.96. The van der Waals surface area contributed by atoms with Gasteiger partial charge in [0.2, 0.25) is 0 Å². The SMILES string of the molecule is Cc1cnn(C)c1-c1ccc(CC2CC3(CCN(CC(C)C(C)(C)C)CC3)C2)nn1. The van der Waals surface area contributed by atoms with E-state index in [-0.39, 0.29) is 0 Å². The van der Waals surface area contributed by atoms with Gasteiger partial charge in [-0.25, -0.2) is 0 Å². The largest absolute Gasteiger partial charge is 0.303 e. The first-order valence-electron chi connectivity index (χ1n) is 11.7. The van der Waals surface area contributed by atoms with Gasteiger partial charge in [-0.1, -0.05) is 27.7 Å². The predicted molar refractivity (Wildman–Crippen MR) is 122 cm³/mol. The summed E-state index contributed by atoms with van der Waals surface area (Å²) in [5.41, 5.74) is 5.27. The van der Waals surface area contributed by atoms with E-state index in [2.05, 4.69) is 66.9 Å². The smallest absolute Gasteiger partial charge is 0.111 e. The second-order valence-corrected chi connectivity index (χ2v) is 11.3. The summed E-state index contributed by atoms with van der Waals surface area (Å²) in [6, 6.07) is 4.27. The van der Waals surface area contributed by atoms with Crippen molar-refractivity contribution >= 4 is 0 Å². The lowest BCUT2D eigenvalue weighted by Crippen LogP contribution is -2.49. The Morgan fingerprint density at radius 2 is 1.83 bits per heavy atom. The van der Waals surface area contributed by atoms with E-state index in [1.165, 1.54) is 45.3 Å². The van der Waals surface area contributed by atoms with Crippen molar-refractivity contribution in [2.75, 3.05) is 19.6 Å². The molecule has 5 nitrogen and oxygen atoms in total. The van der Waals surface area contributed by atoms with Crippen LogP contribution < -0.4 is 0 Å². The number of piperidine rings is 1. The van der Waals surface area contributed by atoms with Crippen molar-refractivity contribution in [1.29, 1.82) is 0 Å². The van der Waals surface area contributed by atoms with Crippen molar-refractivity contribution in [3.8, 4) is 11.4 Å². The fraction of sp³-hybridized carbons (Fsp3) is 0.720. The Balaban J connectivity index is 1.26. The van der Waals surface area contributed by atoms with Gasteiger partial charge in [0.25, 0.3) is 0 Å². The minimum absolute atomic E-state index is 0.405. The number of nitrogens with zero attached hydrogens (tertiary/aromatic N) is 5. The number of rotatable bonds is 5. The van der Waals surface area contributed by atoms with Gasteiger partial charge in [-0.15, -0.1) is 5.10 Å². The molecule has 4 rings (SSSR count). The highest BCUT2D eigenvalue weighted by Crippen LogP contribution is 2.53. The molecule has 0 bridgehead atoms. The maximum absolute atomic E-state index is 4.54. The molecule has 0 radical (unpaired) electrons. The van der Waals surface area contributed by atoms with E-state index in [1.807, 2.05) is 17.9 Å². The second-order valence-electron chi connectivity index (χ2n) is 11.3. The van der Waals surface area contributed by atoms with E-state index >= 15 is 0 Å². The Morgan fingerprint density at radius 3 is 2.37 bits per heavy atom. The molecule has 2 aliphatic rings. The lowest BCUT2D eigenvalue weighted by atomic mass is 9.56. The molecule has 2 aromatic rings. The number of hydrogen-bond donors (Lipinski definition) is 0. The summed E-state index contributed by atoms with van der Waals surface area (Å²) in [5, 5.41) is 13.4. The number of aromatic nitrogens is 4. The minimum Gasteiger partial charge on any atom is -0.303 e. The van der Waals surface area contributed by atoms with E-state index < -0.39 is 0 Å². The van der Waals surface area contributed by atoms with Gasteiger partial charge in [0.05, 0.1) is 17.6 Å². The molecule has 0 amide bonds. The van der Waals surface area contributed by atoms with Crippen LogP contribution in [0, 0.1) is 29.6 Å². The van der Waals surface area contributed by atoms with Crippen LogP contribution in [0.4, 0.5) is 0 Å². The second kappa shape index (κ2) is 8.07. The van der Waals surface area contributed by atoms with Crippen LogP contribution in [0.1, 0.15) is 64.6 Å². The number of aryl methyl sites for hydroxylation is 2. The maximum atomic E-state index is 4.54. The summed E-state index contributed by atoms with van der Waals surface area (Å²) < 4.78 is 1.88. The van der Waals surface area contributed by atoms with Crippen LogP contribution in [0.15, 0.2) is 18.3 Å². The third-order valence-corrected chi connectivity index (χ3v) is 7.95. The van der Waals surface area contributed by atoms with Crippen LogP contribution in [0.25, 0.3) is 11.4 Å². The average molecular weight is 410 g/mol. The first-order chi connectivity index (χ1) is 14.2. The van der Waals surface area contributed by atoms with Crippen molar-refractivity contribution in [2.45, 2.75) is 66.7 Å². The highest BCUT2D eigenvalue weighted by atomic mass is 15.3. The van der Waals surface area contributed by atoms with Gasteiger partial charge in [-0.3, -0.25) is 4.68 Å². The van der Waals surface area contributed by atoms with E-state index in [9.17, 15) is 0 Å². The summed E-state index contributed by atoms with van der Waals surface area (Å²) in [4.78, 5) is 2.71. The van der Waals surface area contributed by atoms with Crippen molar-refractivity contribution in [1.82, 2.24) is 24.9 Å². The molecule has 3 heterocycles. The van der Waals surface area contributed by atoms with Gasteiger partial charge in [0.15, 0.2) is 0 Å². The Labute approximate surface area is 182 Å². The molecule has 1 unspecified atom stereocenters. The van der Waals surface area contributed by atoms with Crippen molar-refractivity contribution in [2.24, 2.45) is 29.7 Å². The Hall–Kier alpha value is -1.75. The normalized spacial score (nSPS) is 21.0. The highest BCUT2D eigenvalue weighted by molar-refractivity contribution is 5.57. The lowest BCUT2D eigenvalue weighted by Gasteiger charge is -2.53. The molecule has 1 spiro atoms. The standard InChI is InChI=1S/C25H39N5/c1-18-16-26-29(6)23(18)22-8-7-21(27-28-22)13-20-14-25(15-20)9-11-30(12-10-25)17-19(2)24(3,4)5/h7-8,16,19-20H,9-15,17H2,1-6H3. The quantitative estimate of drug-likeness (QED) is 0.704. The molecule has 0 N–H and O–H groups in total. The zero-order valence-electron chi connectivity index (χ0n) is 19.8. The first kappa shape index (κ1) is 21.5. The lowest BCUT2D eigenvalue weighted by molar-refractivity contribution is -0.0197. The van der Waals surface area contributed by atoms with Crippen LogP contribution in [0.3, 0.4) is 0 Å². The van der Waals surface area contributed by atoms with Gasteiger partial charge in [0, 0.05) is 13.6 Å². The summed E-state index contributed by atoms with van der Waals surface area (Å²) >= 11 is 0. The van der Waals surface area contributed by atoms with Crippen LogP contribution in [0.2, 0.25) is 0 Å². The number of likely N-dealkylation sites (tertiary alicyclic amines) is 1. The molecule has 2 fully saturated rings. The molecule has 1 saturated heterocycles. The minimum atomic E-state index is 0.405. The zero-order chi connectivity index (χ0) is 21.5. The van der Waals surface area contributed by atoms with Gasteiger partial charge in [-0.05, 0) is 92.5 Å². The van der Waals surface area contributed by atoms with Crippen LogP contribution >= 0.6 is 0 Å². The van der Waals surface area contributed by atoms with Gasteiger partial charge < -0.3 is 4.90 Å². The van der Waals surface area contributed by atoms with Gasteiger partial charge in [0.1, 0.15) is 5.69 Å². The molecule has 2 aromatic heterocycles. The maximum Gasteiger partial charge on any atom is 0.111 e. The topological polar surface area (TPSA) is 46.8 Å². The van der Waals surface area contributed by atoms with Crippen molar-refractivity contribution in [3.63, 3.8) is 0 Å². The van der Waals surface area contributed by atoms with Crippen LogP contribution in [-0.2, 0) is 13.5 Å². The summed E-state index contributed by atoms with van der Waals surface area (Å²) in [6.07, 6.45) is 8.47. The molecule has 1 aliphatic heterocycles. The molecule has 1 aliphatic carbocycles. The monoisotopic (exact) mass is 409 g/mol. The number of hydrogen-bond acceptors (Lipinski definition) is 4.